The van der Waals surface area contributed by atoms with Crippen LogP contribution in [0.15, 0.2) is 53.1 Å². The van der Waals surface area contributed by atoms with Crippen molar-refractivity contribution < 1.29 is 14.1 Å². The molecule has 0 saturated carbocycles. The number of para-hydroxylation sites is 1. The summed E-state index contributed by atoms with van der Waals surface area (Å²) in [5.41, 5.74) is 3.05. The molecule has 27 heavy (non-hydrogen) atoms. The van der Waals surface area contributed by atoms with Gasteiger partial charge in [0.05, 0.1) is 12.7 Å². The summed E-state index contributed by atoms with van der Waals surface area (Å²) in [5.74, 6) is 1.73. The lowest BCUT2D eigenvalue weighted by Gasteiger charge is -2.22. The van der Waals surface area contributed by atoms with Crippen LogP contribution in [0.25, 0.3) is 11.4 Å². The molecule has 0 radical (unpaired) electrons. The highest BCUT2D eigenvalue weighted by atomic mass is 16.5. The van der Waals surface area contributed by atoms with Crippen LogP contribution in [-0.2, 0) is 11.3 Å². The van der Waals surface area contributed by atoms with E-state index in [0.29, 0.717) is 36.9 Å². The van der Waals surface area contributed by atoms with Crippen LogP contribution in [-0.4, -0.2) is 28.1 Å². The van der Waals surface area contributed by atoms with Crippen LogP contribution < -0.4 is 4.74 Å². The summed E-state index contributed by atoms with van der Waals surface area (Å²) in [5, 5.41) is 4.11. The van der Waals surface area contributed by atoms with Crippen molar-refractivity contribution >= 4 is 5.91 Å². The maximum absolute atomic E-state index is 12.4. The molecule has 1 fully saturated rings. The molecule has 1 amide bonds. The minimum absolute atomic E-state index is 0.109. The number of carbonyl (C=O) groups excluding carboxylic acids is 1. The van der Waals surface area contributed by atoms with E-state index >= 15 is 0 Å². The van der Waals surface area contributed by atoms with E-state index < -0.39 is 0 Å². The van der Waals surface area contributed by atoms with E-state index in [0.717, 1.165) is 11.1 Å². The predicted molar refractivity (Wildman–Crippen MR) is 100.0 cm³/mol. The van der Waals surface area contributed by atoms with Gasteiger partial charge in [0.15, 0.2) is 0 Å². The number of aryl methyl sites for hydroxylation is 1. The Morgan fingerprint density at radius 3 is 2.74 bits per heavy atom. The third-order valence-corrected chi connectivity index (χ3v) is 4.88. The molecule has 1 saturated heterocycles. The second-order valence-corrected chi connectivity index (χ2v) is 6.72. The van der Waals surface area contributed by atoms with Crippen LogP contribution in [0.2, 0.25) is 0 Å². The van der Waals surface area contributed by atoms with Gasteiger partial charge in [-0.05, 0) is 31.0 Å². The molecule has 2 heterocycles. The number of aromatic nitrogens is 2. The smallest absolute Gasteiger partial charge is 0.249 e. The average molecular weight is 363 g/mol. The number of benzene rings is 2. The van der Waals surface area contributed by atoms with Crippen molar-refractivity contribution in [1.82, 2.24) is 15.0 Å². The highest BCUT2D eigenvalue weighted by Gasteiger charge is 2.36. The van der Waals surface area contributed by atoms with Crippen molar-refractivity contribution in [3.05, 3.63) is 65.5 Å². The summed E-state index contributed by atoms with van der Waals surface area (Å²) in [6.07, 6.45) is 1.17. The van der Waals surface area contributed by atoms with Crippen LogP contribution >= 0.6 is 0 Å². The summed E-state index contributed by atoms with van der Waals surface area (Å²) < 4.78 is 10.9. The maximum Gasteiger partial charge on any atom is 0.249 e. The lowest BCUT2D eigenvalue weighted by Crippen LogP contribution is -2.27. The highest BCUT2D eigenvalue weighted by molar-refractivity contribution is 5.79. The summed E-state index contributed by atoms with van der Waals surface area (Å²) in [4.78, 5) is 18.8. The Kier molecular flexibility index (Phi) is 4.62. The fourth-order valence-electron chi connectivity index (χ4n) is 3.39. The number of rotatable bonds is 5. The summed E-state index contributed by atoms with van der Waals surface area (Å²) in [6, 6.07) is 15.5. The molecule has 0 spiro atoms. The van der Waals surface area contributed by atoms with Crippen molar-refractivity contribution in [3.63, 3.8) is 0 Å². The van der Waals surface area contributed by atoms with Crippen molar-refractivity contribution in [2.45, 2.75) is 32.4 Å². The lowest BCUT2D eigenvalue weighted by molar-refractivity contribution is -0.129. The van der Waals surface area contributed by atoms with Gasteiger partial charge in [0.1, 0.15) is 11.8 Å². The van der Waals surface area contributed by atoms with E-state index in [2.05, 4.69) is 22.3 Å². The van der Waals surface area contributed by atoms with Gasteiger partial charge in [-0.15, -0.1) is 0 Å². The van der Waals surface area contributed by atoms with Gasteiger partial charge in [-0.1, -0.05) is 47.1 Å². The molecule has 138 valence electrons. The Morgan fingerprint density at radius 1 is 1.19 bits per heavy atom. The van der Waals surface area contributed by atoms with Gasteiger partial charge < -0.3 is 14.2 Å². The molecule has 0 bridgehead atoms. The van der Waals surface area contributed by atoms with Gasteiger partial charge >= 0.3 is 0 Å². The van der Waals surface area contributed by atoms with Crippen LogP contribution in [0.4, 0.5) is 0 Å². The third-order valence-electron chi connectivity index (χ3n) is 4.88. The van der Waals surface area contributed by atoms with E-state index in [1.165, 1.54) is 5.56 Å². The number of carbonyl (C=O) groups is 1. The first-order chi connectivity index (χ1) is 13.2. The second-order valence-electron chi connectivity index (χ2n) is 6.72. The second kappa shape index (κ2) is 7.23. The Balaban J connectivity index is 1.59. The van der Waals surface area contributed by atoms with Crippen molar-refractivity contribution in [3.8, 4) is 17.1 Å². The quantitative estimate of drug-likeness (QED) is 0.687. The van der Waals surface area contributed by atoms with E-state index in [-0.39, 0.29) is 11.9 Å². The largest absolute Gasteiger partial charge is 0.496 e. The predicted octanol–water partition coefficient (Wildman–Crippen LogP) is 3.92. The topological polar surface area (TPSA) is 68.5 Å². The Labute approximate surface area is 157 Å². The van der Waals surface area contributed by atoms with E-state index in [4.69, 9.17) is 9.26 Å². The Bertz CT molecular complexity index is 949. The molecule has 4 rings (SSSR count). The third kappa shape index (κ3) is 3.43. The minimum atomic E-state index is -0.199. The average Bonchev–Trinajstić information content (AvgIpc) is 3.31. The first-order valence-electron chi connectivity index (χ1n) is 8.97. The lowest BCUT2D eigenvalue weighted by atomic mass is 10.1. The number of amides is 1. The number of nitrogens with zero attached hydrogens (tertiary/aromatic N) is 3. The number of hydrogen-bond donors (Lipinski definition) is 0. The van der Waals surface area contributed by atoms with Crippen LogP contribution in [0.1, 0.15) is 35.9 Å². The number of ether oxygens (including phenoxy) is 1. The first-order valence-corrected chi connectivity index (χ1v) is 8.97. The van der Waals surface area contributed by atoms with Gasteiger partial charge in [0, 0.05) is 13.0 Å². The van der Waals surface area contributed by atoms with E-state index in [9.17, 15) is 4.79 Å². The summed E-state index contributed by atoms with van der Waals surface area (Å²) >= 11 is 0. The van der Waals surface area contributed by atoms with E-state index in [1.54, 1.807) is 7.11 Å². The molecule has 1 aliphatic rings. The van der Waals surface area contributed by atoms with Crippen LogP contribution in [0.5, 0.6) is 5.75 Å². The molecular weight excluding hydrogens is 342 g/mol. The monoisotopic (exact) mass is 363 g/mol. The van der Waals surface area contributed by atoms with Gasteiger partial charge in [-0.25, -0.2) is 0 Å². The van der Waals surface area contributed by atoms with Gasteiger partial charge in [-0.2, -0.15) is 4.98 Å². The summed E-state index contributed by atoms with van der Waals surface area (Å²) in [7, 11) is 1.61. The molecule has 0 N–H and O–H groups in total. The van der Waals surface area contributed by atoms with Crippen molar-refractivity contribution in [2.24, 2.45) is 0 Å². The normalized spacial score (nSPS) is 16.7. The zero-order valence-corrected chi connectivity index (χ0v) is 15.4. The van der Waals surface area contributed by atoms with Crippen molar-refractivity contribution in [1.29, 1.82) is 0 Å². The Hall–Kier alpha value is -3.15. The Morgan fingerprint density at radius 2 is 1.96 bits per heavy atom. The number of likely N-dealkylation sites (tertiary alicyclic amines) is 1. The zero-order valence-electron chi connectivity index (χ0n) is 15.4. The first kappa shape index (κ1) is 17.3. The van der Waals surface area contributed by atoms with Crippen molar-refractivity contribution in [2.75, 3.05) is 7.11 Å². The van der Waals surface area contributed by atoms with Crippen LogP contribution in [0.3, 0.4) is 0 Å². The molecule has 3 aromatic rings. The molecule has 1 aliphatic heterocycles. The SMILES string of the molecule is COc1ccccc1-c1noc(C2CCC(=O)N2Cc2ccc(C)cc2)n1. The fraction of sp³-hybridized carbons (Fsp3) is 0.286. The molecule has 1 aromatic heterocycles. The zero-order chi connectivity index (χ0) is 18.8. The van der Waals surface area contributed by atoms with E-state index in [1.807, 2.05) is 48.2 Å². The van der Waals surface area contributed by atoms with Gasteiger partial charge in [0.2, 0.25) is 17.6 Å². The highest BCUT2D eigenvalue weighted by Crippen LogP contribution is 2.35. The molecule has 2 aromatic carbocycles. The molecule has 1 atom stereocenters. The fourth-order valence-corrected chi connectivity index (χ4v) is 3.39. The molecule has 1 unspecified atom stereocenters. The molecule has 0 aliphatic carbocycles. The minimum Gasteiger partial charge on any atom is -0.496 e. The standard InChI is InChI=1S/C21H21N3O3/c1-14-7-9-15(10-8-14)13-24-17(11-12-19(24)25)21-22-20(23-27-21)16-5-3-4-6-18(16)26-2/h3-10,17H,11-13H2,1-2H3. The molecule has 6 heteroatoms. The summed E-state index contributed by atoms with van der Waals surface area (Å²) in [6.45, 7) is 2.58. The number of methoxy groups -OCH3 is 1. The van der Waals surface area contributed by atoms with Gasteiger partial charge in [-0.3, -0.25) is 4.79 Å². The maximum atomic E-state index is 12.4. The van der Waals surface area contributed by atoms with Gasteiger partial charge in [0.25, 0.3) is 0 Å². The molecule has 6 nitrogen and oxygen atoms in total. The van der Waals surface area contributed by atoms with Crippen LogP contribution in [0, 0.1) is 6.92 Å². The number of hydrogen-bond acceptors (Lipinski definition) is 5. The molecular formula is C21H21N3O3.